The SMILES string of the molecule is COc1ccc(C(N)=S)c2cccnc12. The third-order valence-corrected chi connectivity index (χ3v) is 2.44. The number of pyridine rings is 1. The largest absolute Gasteiger partial charge is 0.494 e. The minimum atomic E-state index is 0.371. The number of benzene rings is 1. The van der Waals surface area contributed by atoms with Crippen LogP contribution in [0, 0.1) is 0 Å². The lowest BCUT2D eigenvalue weighted by Gasteiger charge is -2.07. The third-order valence-electron chi connectivity index (χ3n) is 2.22. The smallest absolute Gasteiger partial charge is 0.145 e. The second-order valence-electron chi connectivity index (χ2n) is 3.08. The maximum atomic E-state index is 5.63. The molecule has 1 aromatic carbocycles. The van der Waals surface area contributed by atoms with Crippen molar-refractivity contribution in [2.24, 2.45) is 5.73 Å². The Morgan fingerprint density at radius 3 is 2.87 bits per heavy atom. The van der Waals surface area contributed by atoms with Gasteiger partial charge >= 0.3 is 0 Å². The Morgan fingerprint density at radius 1 is 1.40 bits per heavy atom. The van der Waals surface area contributed by atoms with Crippen molar-refractivity contribution < 1.29 is 4.74 Å². The monoisotopic (exact) mass is 218 g/mol. The van der Waals surface area contributed by atoms with Gasteiger partial charge in [-0.05, 0) is 18.2 Å². The fourth-order valence-corrected chi connectivity index (χ4v) is 1.70. The van der Waals surface area contributed by atoms with Crippen molar-refractivity contribution in [3.63, 3.8) is 0 Å². The van der Waals surface area contributed by atoms with E-state index in [0.717, 1.165) is 22.2 Å². The molecule has 0 bridgehead atoms. The van der Waals surface area contributed by atoms with Crippen molar-refractivity contribution in [2.45, 2.75) is 0 Å². The Bertz CT molecular complexity index is 525. The molecule has 1 heterocycles. The van der Waals surface area contributed by atoms with Crippen molar-refractivity contribution in [1.29, 1.82) is 0 Å². The van der Waals surface area contributed by atoms with E-state index < -0.39 is 0 Å². The van der Waals surface area contributed by atoms with E-state index in [4.69, 9.17) is 22.7 Å². The second-order valence-corrected chi connectivity index (χ2v) is 3.52. The van der Waals surface area contributed by atoms with Crippen LogP contribution in [0.2, 0.25) is 0 Å². The van der Waals surface area contributed by atoms with Gasteiger partial charge in [0.15, 0.2) is 0 Å². The lowest BCUT2D eigenvalue weighted by molar-refractivity contribution is 0.419. The molecule has 2 N–H and O–H groups in total. The number of fused-ring (bicyclic) bond motifs is 1. The zero-order valence-electron chi connectivity index (χ0n) is 8.23. The first kappa shape index (κ1) is 9.86. The van der Waals surface area contributed by atoms with Crippen molar-refractivity contribution in [2.75, 3.05) is 7.11 Å². The molecule has 0 fully saturated rings. The molecule has 0 aliphatic heterocycles. The summed E-state index contributed by atoms with van der Waals surface area (Å²) in [4.78, 5) is 4.63. The average Bonchev–Trinajstić information content (AvgIpc) is 2.27. The lowest BCUT2D eigenvalue weighted by Crippen LogP contribution is -2.10. The van der Waals surface area contributed by atoms with Crippen LogP contribution in [0.1, 0.15) is 5.56 Å². The molecule has 0 saturated heterocycles. The molecule has 0 spiro atoms. The standard InChI is InChI=1S/C11H10N2OS/c1-14-9-5-4-8(11(12)15)7-3-2-6-13-10(7)9/h2-6H,1H3,(H2,12,15). The van der Waals surface area contributed by atoms with Crippen LogP contribution >= 0.6 is 12.2 Å². The molecule has 0 aliphatic carbocycles. The predicted octanol–water partition coefficient (Wildman–Crippen LogP) is 1.88. The van der Waals surface area contributed by atoms with E-state index in [1.54, 1.807) is 13.3 Å². The zero-order chi connectivity index (χ0) is 10.8. The molecular formula is C11H10N2OS. The van der Waals surface area contributed by atoms with Crippen LogP contribution in [0.3, 0.4) is 0 Å². The first-order valence-electron chi connectivity index (χ1n) is 4.45. The topological polar surface area (TPSA) is 48.1 Å². The van der Waals surface area contributed by atoms with E-state index in [-0.39, 0.29) is 0 Å². The maximum absolute atomic E-state index is 5.63. The maximum Gasteiger partial charge on any atom is 0.145 e. The number of nitrogens with zero attached hydrogens (tertiary/aromatic N) is 1. The molecule has 0 unspecified atom stereocenters. The number of rotatable bonds is 2. The summed E-state index contributed by atoms with van der Waals surface area (Å²) < 4.78 is 5.22. The molecule has 2 rings (SSSR count). The molecule has 4 heteroatoms. The molecule has 76 valence electrons. The van der Waals surface area contributed by atoms with Crippen LogP contribution in [-0.2, 0) is 0 Å². The van der Waals surface area contributed by atoms with Crippen molar-refractivity contribution in [1.82, 2.24) is 4.98 Å². The Morgan fingerprint density at radius 2 is 2.20 bits per heavy atom. The van der Waals surface area contributed by atoms with E-state index in [2.05, 4.69) is 4.98 Å². The summed E-state index contributed by atoms with van der Waals surface area (Å²) in [6.45, 7) is 0. The molecular weight excluding hydrogens is 208 g/mol. The van der Waals surface area contributed by atoms with Gasteiger partial charge in [0.25, 0.3) is 0 Å². The van der Waals surface area contributed by atoms with Crippen molar-refractivity contribution in [3.8, 4) is 5.75 Å². The Kier molecular flexibility index (Phi) is 2.51. The minimum absolute atomic E-state index is 0.371. The second kappa shape index (κ2) is 3.82. The number of thiocarbonyl (C=S) groups is 1. The first-order chi connectivity index (χ1) is 7.24. The molecule has 1 aromatic heterocycles. The highest BCUT2D eigenvalue weighted by molar-refractivity contribution is 7.80. The molecule has 0 aliphatic rings. The van der Waals surface area contributed by atoms with Crippen molar-refractivity contribution in [3.05, 3.63) is 36.0 Å². The van der Waals surface area contributed by atoms with Gasteiger partial charge < -0.3 is 10.5 Å². The van der Waals surface area contributed by atoms with Crippen LogP contribution in [0.4, 0.5) is 0 Å². The fourth-order valence-electron chi connectivity index (χ4n) is 1.53. The first-order valence-corrected chi connectivity index (χ1v) is 4.86. The highest BCUT2D eigenvalue weighted by atomic mass is 32.1. The Balaban J connectivity index is 2.83. The summed E-state index contributed by atoms with van der Waals surface area (Å²) in [5.41, 5.74) is 7.24. The molecule has 0 atom stereocenters. The van der Waals surface area contributed by atoms with Gasteiger partial charge in [0.2, 0.25) is 0 Å². The average molecular weight is 218 g/mol. The van der Waals surface area contributed by atoms with E-state index in [9.17, 15) is 0 Å². The van der Waals surface area contributed by atoms with E-state index >= 15 is 0 Å². The molecule has 0 saturated carbocycles. The Labute approximate surface area is 92.9 Å². The minimum Gasteiger partial charge on any atom is -0.494 e. The van der Waals surface area contributed by atoms with E-state index in [1.807, 2.05) is 24.3 Å². The number of nitrogens with two attached hydrogens (primary N) is 1. The summed E-state index contributed by atoms with van der Waals surface area (Å²) in [6, 6.07) is 7.46. The molecule has 0 radical (unpaired) electrons. The van der Waals surface area contributed by atoms with Crippen LogP contribution in [0.5, 0.6) is 5.75 Å². The normalized spacial score (nSPS) is 10.2. The summed E-state index contributed by atoms with van der Waals surface area (Å²) in [5.74, 6) is 0.727. The van der Waals surface area contributed by atoms with Gasteiger partial charge in [0, 0.05) is 17.1 Å². The van der Waals surface area contributed by atoms with Gasteiger partial charge in [-0.1, -0.05) is 18.3 Å². The van der Waals surface area contributed by atoms with E-state index in [0.29, 0.717) is 4.99 Å². The number of hydrogen-bond donors (Lipinski definition) is 1. The highest BCUT2D eigenvalue weighted by Crippen LogP contribution is 2.26. The summed E-state index contributed by atoms with van der Waals surface area (Å²) in [5, 5.41) is 0.921. The molecule has 15 heavy (non-hydrogen) atoms. The Hall–Kier alpha value is -1.68. The van der Waals surface area contributed by atoms with Gasteiger partial charge in [0.05, 0.1) is 7.11 Å². The van der Waals surface area contributed by atoms with Gasteiger partial charge in [-0.3, -0.25) is 4.98 Å². The molecule has 3 nitrogen and oxygen atoms in total. The number of hydrogen-bond acceptors (Lipinski definition) is 3. The van der Waals surface area contributed by atoms with Gasteiger partial charge in [-0.25, -0.2) is 0 Å². The quantitative estimate of drug-likeness (QED) is 0.782. The van der Waals surface area contributed by atoms with Crippen LogP contribution in [-0.4, -0.2) is 17.1 Å². The summed E-state index contributed by atoms with van der Waals surface area (Å²) in [6.07, 6.45) is 1.72. The number of ether oxygens (including phenoxy) is 1. The predicted molar refractivity (Wildman–Crippen MR) is 64.2 cm³/mol. The molecule has 2 aromatic rings. The fraction of sp³-hybridized carbons (Fsp3) is 0.0909. The summed E-state index contributed by atoms with van der Waals surface area (Å²) >= 11 is 4.98. The van der Waals surface area contributed by atoms with Gasteiger partial charge in [0.1, 0.15) is 16.3 Å². The molecule has 0 amide bonds. The van der Waals surface area contributed by atoms with Crippen LogP contribution in [0.25, 0.3) is 10.9 Å². The van der Waals surface area contributed by atoms with Crippen LogP contribution < -0.4 is 10.5 Å². The number of aromatic nitrogens is 1. The third kappa shape index (κ3) is 1.64. The number of methoxy groups -OCH3 is 1. The van der Waals surface area contributed by atoms with Gasteiger partial charge in [-0.15, -0.1) is 0 Å². The van der Waals surface area contributed by atoms with Gasteiger partial charge in [-0.2, -0.15) is 0 Å². The summed E-state index contributed by atoms with van der Waals surface area (Å²) in [7, 11) is 1.61. The zero-order valence-corrected chi connectivity index (χ0v) is 9.04. The lowest BCUT2D eigenvalue weighted by atomic mass is 10.1. The van der Waals surface area contributed by atoms with Crippen LogP contribution in [0.15, 0.2) is 30.5 Å². The highest BCUT2D eigenvalue weighted by Gasteiger charge is 2.08. The van der Waals surface area contributed by atoms with E-state index in [1.165, 1.54) is 0 Å². The van der Waals surface area contributed by atoms with Crippen molar-refractivity contribution >= 4 is 28.1 Å².